The van der Waals surface area contributed by atoms with Crippen LogP contribution in [-0.4, -0.2) is 60.4 Å². The molecule has 0 spiro atoms. The van der Waals surface area contributed by atoms with Gasteiger partial charge in [-0.25, -0.2) is 4.79 Å². The zero-order valence-electron chi connectivity index (χ0n) is 16.3. The SMILES string of the molecule is CCc1cc(-c2cc(OC(=O)NCCN3CCOCC3)ccn2)c(C)[nH]c1=O. The van der Waals surface area contributed by atoms with Crippen molar-refractivity contribution < 1.29 is 14.3 Å². The van der Waals surface area contributed by atoms with E-state index in [1.165, 1.54) is 0 Å². The minimum absolute atomic E-state index is 0.0872. The number of aryl methyl sites for hydroxylation is 2. The summed E-state index contributed by atoms with van der Waals surface area (Å²) in [6.45, 7) is 8.24. The lowest BCUT2D eigenvalue weighted by atomic mass is 10.1. The summed E-state index contributed by atoms with van der Waals surface area (Å²) in [4.78, 5) is 33.4. The number of ether oxygens (including phenoxy) is 2. The molecule has 0 atom stereocenters. The Morgan fingerprint density at radius 3 is 2.89 bits per heavy atom. The van der Waals surface area contributed by atoms with Crippen molar-refractivity contribution in [2.24, 2.45) is 0 Å². The molecule has 1 saturated heterocycles. The Bertz CT molecular complexity index is 875. The number of aromatic amines is 1. The Morgan fingerprint density at radius 1 is 1.36 bits per heavy atom. The lowest BCUT2D eigenvalue weighted by Crippen LogP contribution is -2.41. The van der Waals surface area contributed by atoms with Gasteiger partial charge in [-0.1, -0.05) is 6.92 Å². The number of rotatable bonds is 6. The minimum Gasteiger partial charge on any atom is -0.410 e. The third-order valence-corrected chi connectivity index (χ3v) is 4.72. The highest BCUT2D eigenvalue weighted by molar-refractivity contribution is 5.71. The standard InChI is InChI=1S/C20H26N4O4/c1-3-15-12-17(14(2)23-19(15)25)18-13-16(4-5-21-18)28-20(26)22-6-7-24-8-10-27-11-9-24/h4-5,12-13H,3,6-11H2,1-2H3,(H,22,26)(H,23,25). The van der Waals surface area contributed by atoms with Crippen LogP contribution < -0.4 is 15.6 Å². The van der Waals surface area contributed by atoms with E-state index in [-0.39, 0.29) is 5.56 Å². The summed E-state index contributed by atoms with van der Waals surface area (Å²) < 4.78 is 10.7. The van der Waals surface area contributed by atoms with Gasteiger partial charge in [0.2, 0.25) is 0 Å². The summed E-state index contributed by atoms with van der Waals surface area (Å²) >= 11 is 0. The fraction of sp³-hybridized carbons (Fsp3) is 0.450. The summed E-state index contributed by atoms with van der Waals surface area (Å²) in [5.41, 5.74) is 2.78. The normalized spacial score (nSPS) is 14.6. The number of carbonyl (C=O) groups excluding carboxylic acids is 1. The molecule has 3 rings (SSSR count). The molecule has 2 aromatic rings. The van der Waals surface area contributed by atoms with Crippen molar-refractivity contribution in [1.29, 1.82) is 0 Å². The predicted molar refractivity (Wildman–Crippen MR) is 106 cm³/mol. The van der Waals surface area contributed by atoms with Crippen molar-refractivity contribution in [3.63, 3.8) is 0 Å². The maximum Gasteiger partial charge on any atom is 0.412 e. The first-order valence-electron chi connectivity index (χ1n) is 9.52. The molecule has 0 aromatic carbocycles. The summed E-state index contributed by atoms with van der Waals surface area (Å²) in [5, 5.41) is 2.76. The van der Waals surface area contributed by atoms with E-state index in [1.807, 2.05) is 19.9 Å². The Hall–Kier alpha value is -2.71. The molecule has 0 aliphatic carbocycles. The molecule has 150 valence electrons. The van der Waals surface area contributed by atoms with E-state index in [0.29, 0.717) is 30.0 Å². The van der Waals surface area contributed by atoms with Crippen LogP contribution in [0.3, 0.4) is 0 Å². The number of nitrogens with one attached hydrogen (secondary N) is 2. The van der Waals surface area contributed by atoms with Gasteiger partial charge in [0, 0.05) is 55.3 Å². The lowest BCUT2D eigenvalue weighted by Gasteiger charge is -2.26. The van der Waals surface area contributed by atoms with Gasteiger partial charge in [0.1, 0.15) is 5.75 Å². The van der Waals surface area contributed by atoms with E-state index >= 15 is 0 Å². The molecular weight excluding hydrogens is 360 g/mol. The Kier molecular flexibility index (Phi) is 6.78. The number of nitrogens with zero attached hydrogens (tertiary/aromatic N) is 2. The highest BCUT2D eigenvalue weighted by Gasteiger charge is 2.12. The van der Waals surface area contributed by atoms with E-state index in [0.717, 1.165) is 44.1 Å². The van der Waals surface area contributed by atoms with Crippen LogP contribution in [0, 0.1) is 6.92 Å². The van der Waals surface area contributed by atoms with Gasteiger partial charge in [-0.15, -0.1) is 0 Å². The number of aromatic nitrogens is 2. The van der Waals surface area contributed by atoms with Crippen LogP contribution in [0.2, 0.25) is 0 Å². The predicted octanol–water partition coefficient (Wildman–Crippen LogP) is 1.73. The Labute approximate surface area is 163 Å². The third-order valence-electron chi connectivity index (χ3n) is 4.72. The molecule has 1 amide bonds. The lowest BCUT2D eigenvalue weighted by molar-refractivity contribution is 0.0385. The molecule has 28 heavy (non-hydrogen) atoms. The number of carbonyl (C=O) groups is 1. The van der Waals surface area contributed by atoms with Crippen LogP contribution in [0.1, 0.15) is 18.2 Å². The van der Waals surface area contributed by atoms with Crippen molar-refractivity contribution >= 4 is 6.09 Å². The summed E-state index contributed by atoms with van der Waals surface area (Å²) in [7, 11) is 0. The summed E-state index contributed by atoms with van der Waals surface area (Å²) in [6.07, 6.45) is 1.71. The van der Waals surface area contributed by atoms with E-state index in [4.69, 9.17) is 9.47 Å². The molecule has 3 heterocycles. The molecule has 8 heteroatoms. The summed E-state index contributed by atoms with van der Waals surface area (Å²) in [5.74, 6) is 0.400. The molecular formula is C20H26N4O4. The smallest absolute Gasteiger partial charge is 0.410 e. The zero-order chi connectivity index (χ0) is 19.9. The molecule has 0 saturated carbocycles. The van der Waals surface area contributed by atoms with E-state index in [2.05, 4.69) is 20.2 Å². The van der Waals surface area contributed by atoms with Gasteiger partial charge in [0.05, 0.1) is 18.9 Å². The number of hydrogen-bond donors (Lipinski definition) is 2. The maximum atomic E-state index is 12.1. The fourth-order valence-electron chi connectivity index (χ4n) is 3.10. The second kappa shape index (κ2) is 9.48. The number of amides is 1. The second-order valence-electron chi connectivity index (χ2n) is 6.66. The van der Waals surface area contributed by atoms with Gasteiger partial charge >= 0.3 is 6.09 Å². The van der Waals surface area contributed by atoms with Crippen LogP contribution in [0.15, 0.2) is 29.2 Å². The van der Waals surface area contributed by atoms with Crippen molar-refractivity contribution in [2.45, 2.75) is 20.3 Å². The first kappa shape index (κ1) is 20.0. The van der Waals surface area contributed by atoms with Crippen LogP contribution in [-0.2, 0) is 11.2 Å². The number of morpholine rings is 1. The average Bonchev–Trinajstić information content (AvgIpc) is 2.69. The average molecular weight is 386 g/mol. The van der Waals surface area contributed by atoms with Crippen molar-refractivity contribution in [3.8, 4) is 17.0 Å². The molecule has 0 bridgehead atoms. The molecule has 0 radical (unpaired) electrons. The van der Waals surface area contributed by atoms with Crippen LogP contribution in [0.25, 0.3) is 11.3 Å². The van der Waals surface area contributed by atoms with Gasteiger partial charge in [-0.3, -0.25) is 14.7 Å². The summed E-state index contributed by atoms with van der Waals surface area (Å²) in [6, 6.07) is 5.16. The van der Waals surface area contributed by atoms with E-state index < -0.39 is 6.09 Å². The Balaban J connectivity index is 1.61. The minimum atomic E-state index is -0.502. The van der Waals surface area contributed by atoms with Crippen LogP contribution >= 0.6 is 0 Å². The quantitative estimate of drug-likeness (QED) is 0.785. The molecule has 1 aliphatic heterocycles. The van der Waals surface area contributed by atoms with Gasteiger partial charge in [0.25, 0.3) is 5.56 Å². The molecule has 2 N–H and O–H groups in total. The number of hydrogen-bond acceptors (Lipinski definition) is 6. The van der Waals surface area contributed by atoms with Crippen molar-refractivity contribution in [1.82, 2.24) is 20.2 Å². The molecule has 8 nitrogen and oxygen atoms in total. The first-order chi connectivity index (χ1) is 13.6. The Morgan fingerprint density at radius 2 is 2.14 bits per heavy atom. The van der Waals surface area contributed by atoms with Crippen LogP contribution in [0.4, 0.5) is 4.79 Å². The van der Waals surface area contributed by atoms with Crippen LogP contribution in [0.5, 0.6) is 5.75 Å². The molecule has 1 fully saturated rings. The van der Waals surface area contributed by atoms with E-state index in [9.17, 15) is 9.59 Å². The van der Waals surface area contributed by atoms with Gasteiger partial charge in [-0.2, -0.15) is 0 Å². The van der Waals surface area contributed by atoms with Gasteiger partial charge < -0.3 is 19.8 Å². The molecule has 0 unspecified atom stereocenters. The van der Waals surface area contributed by atoms with Gasteiger partial charge in [0.15, 0.2) is 0 Å². The first-order valence-corrected chi connectivity index (χ1v) is 9.52. The number of pyridine rings is 2. The van der Waals surface area contributed by atoms with Crippen molar-refractivity contribution in [2.75, 3.05) is 39.4 Å². The van der Waals surface area contributed by atoms with E-state index in [1.54, 1.807) is 18.3 Å². The fourth-order valence-corrected chi connectivity index (χ4v) is 3.10. The molecule has 2 aromatic heterocycles. The van der Waals surface area contributed by atoms with Crippen molar-refractivity contribution in [3.05, 3.63) is 46.0 Å². The third kappa shape index (κ3) is 5.17. The monoisotopic (exact) mass is 386 g/mol. The zero-order valence-corrected chi connectivity index (χ0v) is 16.3. The topological polar surface area (TPSA) is 96.5 Å². The second-order valence-corrected chi connectivity index (χ2v) is 6.66. The highest BCUT2D eigenvalue weighted by atomic mass is 16.6. The largest absolute Gasteiger partial charge is 0.412 e. The van der Waals surface area contributed by atoms with Gasteiger partial charge in [-0.05, 0) is 25.5 Å². The number of H-pyrrole nitrogens is 1. The maximum absolute atomic E-state index is 12.1. The molecule has 1 aliphatic rings. The highest BCUT2D eigenvalue weighted by Crippen LogP contribution is 2.23.